The monoisotopic (exact) mass is 619 g/mol. The molecule has 11 heteroatoms. The van der Waals surface area contributed by atoms with E-state index in [1.807, 2.05) is 20.8 Å². The van der Waals surface area contributed by atoms with Crippen molar-refractivity contribution in [2.45, 2.75) is 45.2 Å². The van der Waals surface area contributed by atoms with Crippen LogP contribution in [0, 0.1) is 12.8 Å². The smallest absolute Gasteiger partial charge is 0.264 e. The van der Waals surface area contributed by atoms with Crippen LogP contribution in [0.4, 0.5) is 5.69 Å². The molecule has 0 fully saturated rings. The molecule has 220 valence electrons. The molecular formula is C30H35Cl2N3O5S. The van der Waals surface area contributed by atoms with Gasteiger partial charge in [0.15, 0.2) is 0 Å². The molecule has 0 aliphatic heterocycles. The summed E-state index contributed by atoms with van der Waals surface area (Å²) < 4.78 is 34.5. The van der Waals surface area contributed by atoms with Gasteiger partial charge in [0.25, 0.3) is 10.0 Å². The highest BCUT2D eigenvalue weighted by atomic mass is 35.5. The maximum Gasteiger partial charge on any atom is 0.264 e. The Morgan fingerprint density at radius 3 is 2.27 bits per heavy atom. The molecule has 0 spiro atoms. The number of carbonyl (C=O) groups is 2. The largest absolute Gasteiger partial charge is 0.495 e. The first-order chi connectivity index (χ1) is 19.3. The number of carbonyl (C=O) groups excluding carboxylic acids is 2. The molecule has 0 saturated heterocycles. The fraction of sp³-hybridized carbons (Fsp3) is 0.333. The maximum absolute atomic E-state index is 14.1. The summed E-state index contributed by atoms with van der Waals surface area (Å²) in [6.45, 7) is 7.11. The molecule has 3 aromatic carbocycles. The number of methoxy groups -OCH3 is 1. The van der Waals surface area contributed by atoms with Crippen LogP contribution in [0.25, 0.3) is 0 Å². The van der Waals surface area contributed by atoms with Gasteiger partial charge in [0.2, 0.25) is 11.8 Å². The molecule has 0 heterocycles. The first-order valence-electron chi connectivity index (χ1n) is 13.1. The summed E-state index contributed by atoms with van der Waals surface area (Å²) >= 11 is 12.5. The average Bonchev–Trinajstić information content (AvgIpc) is 2.94. The fourth-order valence-electron chi connectivity index (χ4n) is 4.10. The molecule has 2 amide bonds. The van der Waals surface area contributed by atoms with Crippen LogP contribution >= 0.6 is 23.2 Å². The second-order valence-electron chi connectivity index (χ2n) is 10.1. The number of nitrogens with zero attached hydrogens (tertiary/aromatic N) is 2. The van der Waals surface area contributed by atoms with E-state index in [2.05, 4.69) is 5.32 Å². The van der Waals surface area contributed by atoms with Crippen molar-refractivity contribution in [3.8, 4) is 5.75 Å². The van der Waals surface area contributed by atoms with Gasteiger partial charge in [-0.05, 0) is 67.3 Å². The standard InChI is InChI=1S/C30H35Cl2N3O5S/c1-20(2)17-33-30(37)22(4)34(18-23-12-13-24(31)16-26(23)32)29(36)19-35(27-15-21(3)11-14-28(27)40-5)41(38,39)25-9-7-6-8-10-25/h6-16,20,22H,17-19H2,1-5H3,(H,33,37)/t22-/m1/s1. The molecule has 0 saturated carbocycles. The van der Waals surface area contributed by atoms with Crippen LogP contribution in [0.1, 0.15) is 31.9 Å². The van der Waals surface area contributed by atoms with Crippen molar-refractivity contribution in [1.29, 1.82) is 0 Å². The Morgan fingerprint density at radius 1 is 0.976 bits per heavy atom. The first kappa shape index (κ1) is 32.2. The molecule has 3 rings (SSSR count). The normalized spacial score (nSPS) is 12.1. The molecule has 41 heavy (non-hydrogen) atoms. The predicted molar refractivity (Wildman–Crippen MR) is 163 cm³/mol. The van der Waals surface area contributed by atoms with Gasteiger partial charge in [0, 0.05) is 23.1 Å². The van der Waals surface area contributed by atoms with E-state index >= 15 is 0 Å². The van der Waals surface area contributed by atoms with E-state index < -0.39 is 28.5 Å². The molecule has 0 aliphatic carbocycles. The first-order valence-corrected chi connectivity index (χ1v) is 15.3. The van der Waals surface area contributed by atoms with Crippen LogP contribution < -0.4 is 14.4 Å². The third kappa shape index (κ3) is 8.15. The zero-order chi connectivity index (χ0) is 30.3. The Morgan fingerprint density at radius 2 is 1.66 bits per heavy atom. The van der Waals surface area contributed by atoms with Crippen molar-refractivity contribution in [2.75, 3.05) is 24.5 Å². The van der Waals surface area contributed by atoms with E-state index in [-0.39, 0.29) is 34.7 Å². The van der Waals surface area contributed by atoms with Crippen molar-refractivity contribution in [3.63, 3.8) is 0 Å². The quantitative estimate of drug-likeness (QED) is 0.281. The molecule has 1 atom stereocenters. The molecule has 0 aromatic heterocycles. The van der Waals surface area contributed by atoms with Gasteiger partial charge in [-0.3, -0.25) is 13.9 Å². The number of aryl methyl sites for hydroxylation is 1. The molecule has 0 unspecified atom stereocenters. The minimum atomic E-state index is -4.22. The molecule has 8 nitrogen and oxygen atoms in total. The highest BCUT2D eigenvalue weighted by molar-refractivity contribution is 7.92. The molecule has 0 aliphatic rings. The van der Waals surface area contributed by atoms with Gasteiger partial charge in [-0.1, -0.05) is 67.4 Å². The number of sulfonamides is 1. The highest BCUT2D eigenvalue weighted by Gasteiger charge is 2.34. The molecule has 0 bridgehead atoms. The van der Waals surface area contributed by atoms with Crippen LogP contribution in [0.2, 0.25) is 10.0 Å². The van der Waals surface area contributed by atoms with E-state index in [9.17, 15) is 18.0 Å². The fourth-order valence-corrected chi connectivity index (χ4v) is 6.00. The van der Waals surface area contributed by atoms with Gasteiger partial charge in [0.05, 0.1) is 17.7 Å². The number of halogens is 2. The molecule has 3 aromatic rings. The van der Waals surface area contributed by atoms with E-state index in [0.29, 0.717) is 22.2 Å². The predicted octanol–water partition coefficient (Wildman–Crippen LogP) is 5.70. The number of rotatable bonds is 12. The van der Waals surface area contributed by atoms with Crippen LogP contribution in [0.3, 0.4) is 0 Å². The number of hydrogen-bond donors (Lipinski definition) is 1. The van der Waals surface area contributed by atoms with Crippen molar-refractivity contribution < 1.29 is 22.7 Å². The second-order valence-corrected chi connectivity index (χ2v) is 12.8. The van der Waals surface area contributed by atoms with Gasteiger partial charge in [-0.25, -0.2) is 8.42 Å². The second kappa shape index (κ2) is 14.1. The summed E-state index contributed by atoms with van der Waals surface area (Å²) in [6, 6.07) is 16.8. The van der Waals surface area contributed by atoms with Crippen LogP contribution in [0.5, 0.6) is 5.75 Å². The highest BCUT2D eigenvalue weighted by Crippen LogP contribution is 2.34. The van der Waals surface area contributed by atoms with Crippen LogP contribution in [0.15, 0.2) is 71.6 Å². The number of nitrogens with one attached hydrogen (secondary N) is 1. The number of benzene rings is 3. The Hall–Kier alpha value is -3.27. The minimum absolute atomic E-state index is 0.00591. The Bertz CT molecular complexity index is 1480. The van der Waals surface area contributed by atoms with E-state index in [1.54, 1.807) is 61.5 Å². The van der Waals surface area contributed by atoms with E-state index in [1.165, 1.54) is 24.1 Å². The lowest BCUT2D eigenvalue weighted by Gasteiger charge is -2.32. The topological polar surface area (TPSA) is 96.0 Å². The lowest BCUT2D eigenvalue weighted by molar-refractivity contribution is -0.139. The average molecular weight is 621 g/mol. The van der Waals surface area contributed by atoms with E-state index in [0.717, 1.165) is 9.87 Å². The van der Waals surface area contributed by atoms with Crippen molar-refractivity contribution in [2.24, 2.45) is 5.92 Å². The molecule has 0 radical (unpaired) electrons. The summed E-state index contributed by atoms with van der Waals surface area (Å²) in [7, 11) is -2.79. The third-order valence-electron chi connectivity index (χ3n) is 6.42. The van der Waals surface area contributed by atoms with Crippen LogP contribution in [-0.4, -0.2) is 51.4 Å². The SMILES string of the molecule is COc1ccc(C)cc1N(CC(=O)N(Cc1ccc(Cl)cc1Cl)[C@H](C)C(=O)NCC(C)C)S(=O)(=O)c1ccccc1. The third-order valence-corrected chi connectivity index (χ3v) is 8.78. The van der Waals surface area contributed by atoms with Crippen LogP contribution in [-0.2, 0) is 26.2 Å². The number of hydrogen-bond acceptors (Lipinski definition) is 5. The molecule has 1 N–H and O–H groups in total. The zero-order valence-corrected chi connectivity index (χ0v) is 26.1. The van der Waals surface area contributed by atoms with Crippen molar-refractivity contribution >= 4 is 50.7 Å². The van der Waals surface area contributed by atoms with Crippen molar-refractivity contribution in [1.82, 2.24) is 10.2 Å². The summed E-state index contributed by atoms with van der Waals surface area (Å²) in [5, 5.41) is 3.60. The maximum atomic E-state index is 14.1. The Kier molecular flexibility index (Phi) is 11.1. The number of ether oxygens (including phenoxy) is 1. The zero-order valence-electron chi connectivity index (χ0n) is 23.7. The van der Waals surface area contributed by atoms with Gasteiger partial charge in [0.1, 0.15) is 18.3 Å². The summed E-state index contributed by atoms with van der Waals surface area (Å²) in [5.41, 5.74) is 1.53. The Balaban J connectivity index is 2.09. The van der Waals surface area contributed by atoms with E-state index in [4.69, 9.17) is 27.9 Å². The van der Waals surface area contributed by atoms with Gasteiger partial charge in [-0.15, -0.1) is 0 Å². The molecular weight excluding hydrogens is 585 g/mol. The van der Waals surface area contributed by atoms with Crippen molar-refractivity contribution in [3.05, 3.63) is 87.9 Å². The van der Waals surface area contributed by atoms with Gasteiger partial charge in [-0.2, -0.15) is 0 Å². The van der Waals surface area contributed by atoms with Gasteiger partial charge < -0.3 is 15.0 Å². The lowest BCUT2D eigenvalue weighted by atomic mass is 10.1. The summed E-state index contributed by atoms with van der Waals surface area (Å²) in [4.78, 5) is 28.5. The number of anilines is 1. The lowest BCUT2D eigenvalue weighted by Crippen LogP contribution is -2.51. The minimum Gasteiger partial charge on any atom is -0.495 e. The summed E-state index contributed by atoms with van der Waals surface area (Å²) in [6.07, 6.45) is 0. The van der Waals surface area contributed by atoms with Gasteiger partial charge >= 0.3 is 0 Å². The Labute approximate surface area is 252 Å². The summed E-state index contributed by atoms with van der Waals surface area (Å²) in [5.74, 6) is -0.506. The number of amides is 2.